The summed E-state index contributed by atoms with van der Waals surface area (Å²) in [6.07, 6.45) is 0. The van der Waals surface area contributed by atoms with Crippen LogP contribution >= 0.6 is 0 Å². The van der Waals surface area contributed by atoms with Gasteiger partial charge < -0.3 is 10.6 Å². The normalized spacial score (nSPS) is 9.17. The molecule has 0 atom stereocenters. The maximum atomic E-state index is 11.6. The Hall–Kier alpha value is -3.40. The topological polar surface area (TPSA) is 58.2 Å². The van der Waals surface area contributed by atoms with Crippen molar-refractivity contribution in [1.29, 1.82) is 0 Å². The minimum atomic E-state index is -0.690. The van der Waals surface area contributed by atoms with Crippen LogP contribution in [0.15, 0.2) is 97.1 Å². The van der Waals surface area contributed by atoms with Gasteiger partial charge in [0, 0.05) is 11.4 Å². The molecule has 0 radical (unpaired) electrons. The molecule has 3 aromatic carbocycles. The Labute approximate surface area is 141 Å². The molecule has 24 heavy (non-hydrogen) atoms. The van der Waals surface area contributed by atoms with Gasteiger partial charge in [-0.15, -0.1) is 0 Å². The number of carbonyl (C=O) groups excluding carboxylic acids is 2. The lowest BCUT2D eigenvalue weighted by atomic mass is 10.3. The lowest BCUT2D eigenvalue weighted by Crippen LogP contribution is -2.28. The summed E-state index contributed by atoms with van der Waals surface area (Å²) in [5.41, 5.74) is 1.18. The summed E-state index contributed by atoms with van der Waals surface area (Å²) in [7, 11) is 0. The summed E-state index contributed by atoms with van der Waals surface area (Å²) < 4.78 is 0. The highest BCUT2D eigenvalue weighted by atomic mass is 16.2. The first-order valence-electron chi connectivity index (χ1n) is 7.48. The summed E-state index contributed by atoms with van der Waals surface area (Å²) in [4.78, 5) is 23.2. The third-order valence-corrected chi connectivity index (χ3v) is 2.94. The molecule has 4 nitrogen and oxygen atoms in total. The molecule has 4 heteroatoms. The van der Waals surface area contributed by atoms with Crippen molar-refractivity contribution < 1.29 is 9.59 Å². The molecule has 120 valence electrons. The quantitative estimate of drug-likeness (QED) is 0.703. The summed E-state index contributed by atoms with van der Waals surface area (Å²) in [5, 5.41) is 5.02. The molecule has 0 aliphatic rings. The number of hydrogen-bond donors (Lipinski definition) is 2. The molecule has 0 saturated heterocycles. The Morgan fingerprint density at radius 3 is 1.00 bits per heavy atom. The van der Waals surface area contributed by atoms with Crippen LogP contribution in [0.5, 0.6) is 0 Å². The van der Waals surface area contributed by atoms with Gasteiger partial charge in [-0.25, -0.2) is 0 Å². The second-order valence-electron chi connectivity index (χ2n) is 4.79. The van der Waals surface area contributed by atoms with Crippen molar-refractivity contribution in [2.75, 3.05) is 10.6 Å². The van der Waals surface area contributed by atoms with E-state index < -0.39 is 11.8 Å². The van der Waals surface area contributed by atoms with Gasteiger partial charge in [0.05, 0.1) is 0 Å². The Morgan fingerprint density at radius 1 is 0.458 bits per heavy atom. The Morgan fingerprint density at radius 2 is 0.708 bits per heavy atom. The molecular weight excluding hydrogens is 300 g/mol. The fourth-order valence-electron chi connectivity index (χ4n) is 1.80. The second kappa shape index (κ2) is 9.58. The third-order valence-electron chi connectivity index (χ3n) is 2.94. The zero-order valence-corrected chi connectivity index (χ0v) is 13.1. The highest BCUT2D eigenvalue weighted by Gasteiger charge is 2.13. The first-order valence-corrected chi connectivity index (χ1v) is 7.48. The Balaban J connectivity index is 0.000000292. The van der Waals surface area contributed by atoms with Gasteiger partial charge in [-0.2, -0.15) is 0 Å². The van der Waals surface area contributed by atoms with Crippen LogP contribution in [0, 0.1) is 0 Å². The van der Waals surface area contributed by atoms with Crippen LogP contribution in [0.3, 0.4) is 0 Å². The molecular formula is C20H18N2O2. The lowest BCUT2D eigenvalue weighted by Gasteiger charge is -2.05. The van der Waals surface area contributed by atoms with Gasteiger partial charge in [0.15, 0.2) is 0 Å². The lowest BCUT2D eigenvalue weighted by molar-refractivity contribution is -0.132. The summed E-state index contributed by atoms with van der Waals surface area (Å²) in [5.74, 6) is -1.38. The van der Waals surface area contributed by atoms with E-state index in [-0.39, 0.29) is 0 Å². The van der Waals surface area contributed by atoms with Crippen LogP contribution in [-0.4, -0.2) is 11.8 Å². The van der Waals surface area contributed by atoms with Gasteiger partial charge in [0.1, 0.15) is 0 Å². The second-order valence-corrected chi connectivity index (χ2v) is 4.79. The fraction of sp³-hybridized carbons (Fsp3) is 0. The van der Waals surface area contributed by atoms with E-state index in [0.717, 1.165) is 0 Å². The summed E-state index contributed by atoms with van der Waals surface area (Å²) in [6, 6.07) is 29.7. The Bertz CT molecular complexity index is 666. The summed E-state index contributed by atoms with van der Waals surface area (Å²) in [6.45, 7) is 0. The van der Waals surface area contributed by atoms with Crippen LogP contribution in [0.4, 0.5) is 11.4 Å². The zero-order valence-electron chi connectivity index (χ0n) is 13.1. The molecule has 0 spiro atoms. The average Bonchev–Trinajstić information content (AvgIpc) is 2.65. The van der Waals surface area contributed by atoms with Crippen LogP contribution in [0.1, 0.15) is 0 Å². The van der Waals surface area contributed by atoms with Gasteiger partial charge in [0.2, 0.25) is 0 Å². The van der Waals surface area contributed by atoms with E-state index in [1.54, 1.807) is 48.5 Å². The molecule has 0 heterocycles. The molecule has 3 aromatic rings. The maximum absolute atomic E-state index is 11.6. The number of hydrogen-bond acceptors (Lipinski definition) is 2. The SMILES string of the molecule is O=C(Nc1ccccc1)C(=O)Nc1ccccc1.c1ccccc1. The van der Waals surface area contributed by atoms with Gasteiger partial charge in [0.25, 0.3) is 0 Å². The highest BCUT2D eigenvalue weighted by molar-refractivity contribution is 6.43. The number of para-hydroxylation sites is 2. The predicted molar refractivity (Wildman–Crippen MR) is 96.6 cm³/mol. The molecule has 3 rings (SSSR count). The van der Waals surface area contributed by atoms with Crippen LogP contribution < -0.4 is 10.6 Å². The third kappa shape index (κ3) is 6.15. The maximum Gasteiger partial charge on any atom is 0.314 e. The van der Waals surface area contributed by atoms with Crippen LogP contribution in [0.2, 0.25) is 0 Å². The Kier molecular flexibility index (Phi) is 6.77. The zero-order chi connectivity index (χ0) is 17.0. The van der Waals surface area contributed by atoms with Crippen LogP contribution in [0.25, 0.3) is 0 Å². The van der Waals surface area contributed by atoms with E-state index in [1.165, 1.54) is 0 Å². The van der Waals surface area contributed by atoms with Gasteiger partial charge in [-0.1, -0.05) is 72.8 Å². The molecule has 0 aromatic heterocycles. The summed E-state index contributed by atoms with van der Waals surface area (Å²) >= 11 is 0. The number of anilines is 2. The molecule has 0 saturated carbocycles. The standard InChI is InChI=1S/C14H12N2O2.C6H6/c17-13(15-11-7-3-1-4-8-11)14(18)16-12-9-5-2-6-10-12;1-2-4-6-5-3-1/h1-10H,(H,15,17)(H,16,18);1-6H. The van der Waals surface area contributed by atoms with E-state index in [9.17, 15) is 9.59 Å². The first kappa shape index (κ1) is 17.0. The minimum Gasteiger partial charge on any atom is -0.318 e. The monoisotopic (exact) mass is 318 g/mol. The molecule has 0 aliphatic carbocycles. The van der Waals surface area contributed by atoms with Gasteiger partial charge >= 0.3 is 11.8 Å². The van der Waals surface area contributed by atoms with Crippen molar-refractivity contribution in [2.45, 2.75) is 0 Å². The van der Waals surface area contributed by atoms with E-state index >= 15 is 0 Å². The van der Waals surface area contributed by atoms with Crippen LogP contribution in [-0.2, 0) is 9.59 Å². The van der Waals surface area contributed by atoms with Gasteiger partial charge in [-0.05, 0) is 24.3 Å². The fourth-order valence-corrected chi connectivity index (χ4v) is 1.80. The molecule has 0 bridgehead atoms. The number of amides is 2. The van der Waals surface area contributed by atoms with Crippen molar-refractivity contribution >= 4 is 23.2 Å². The average molecular weight is 318 g/mol. The van der Waals surface area contributed by atoms with E-state index in [4.69, 9.17) is 0 Å². The van der Waals surface area contributed by atoms with E-state index in [1.807, 2.05) is 48.5 Å². The number of carbonyl (C=O) groups is 2. The smallest absolute Gasteiger partial charge is 0.314 e. The van der Waals surface area contributed by atoms with Gasteiger partial charge in [-0.3, -0.25) is 9.59 Å². The van der Waals surface area contributed by atoms with Crippen molar-refractivity contribution in [3.05, 3.63) is 97.1 Å². The van der Waals surface area contributed by atoms with E-state index in [2.05, 4.69) is 10.6 Å². The first-order chi connectivity index (χ1) is 11.8. The molecule has 0 fully saturated rings. The van der Waals surface area contributed by atoms with Crippen molar-refractivity contribution in [3.8, 4) is 0 Å². The highest BCUT2D eigenvalue weighted by Crippen LogP contribution is 2.07. The number of nitrogens with one attached hydrogen (secondary N) is 2. The number of rotatable bonds is 2. The van der Waals surface area contributed by atoms with E-state index in [0.29, 0.717) is 11.4 Å². The number of benzene rings is 3. The largest absolute Gasteiger partial charge is 0.318 e. The molecule has 2 N–H and O–H groups in total. The molecule has 0 unspecified atom stereocenters. The predicted octanol–water partition coefficient (Wildman–Crippen LogP) is 3.95. The van der Waals surface area contributed by atoms with Crippen molar-refractivity contribution in [3.63, 3.8) is 0 Å². The van der Waals surface area contributed by atoms with Crippen molar-refractivity contribution in [1.82, 2.24) is 0 Å². The molecule has 0 aliphatic heterocycles. The molecule has 2 amide bonds. The van der Waals surface area contributed by atoms with Crippen molar-refractivity contribution in [2.24, 2.45) is 0 Å². The minimum absolute atomic E-state index is 0.589.